The molecule has 1 heterocycles. The third-order valence-corrected chi connectivity index (χ3v) is 8.55. The number of carbonyl (C=O) groups is 2. The molecule has 0 spiro atoms. The van der Waals surface area contributed by atoms with Crippen LogP contribution in [0.5, 0.6) is 0 Å². The van der Waals surface area contributed by atoms with Crippen LogP contribution in [0.2, 0.25) is 0 Å². The van der Waals surface area contributed by atoms with Crippen LogP contribution < -0.4 is 5.32 Å². The lowest BCUT2D eigenvalue weighted by Gasteiger charge is -2.44. The van der Waals surface area contributed by atoms with E-state index in [-0.39, 0.29) is 36.6 Å². The molecule has 0 aromatic heterocycles. The zero-order chi connectivity index (χ0) is 31.7. The number of hydrogen-bond acceptors (Lipinski definition) is 6. The molecule has 0 radical (unpaired) electrons. The molecule has 1 fully saturated rings. The summed E-state index contributed by atoms with van der Waals surface area (Å²) in [5.74, 6) is -1.12. The highest BCUT2D eigenvalue weighted by atomic mass is 16.7. The molecule has 0 saturated carbocycles. The van der Waals surface area contributed by atoms with E-state index >= 15 is 0 Å². The average molecular weight is 604 g/mol. The van der Waals surface area contributed by atoms with Crippen LogP contribution in [0.4, 0.5) is 4.79 Å². The van der Waals surface area contributed by atoms with E-state index < -0.39 is 23.9 Å². The minimum atomic E-state index is -0.806. The summed E-state index contributed by atoms with van der Waals surface area (Å²) in [6.07, 6.45) is 13.6. The van der Waals surface area contributed by atoms with E-state index in [4.69, 9.17) is 18.9 Å². The number of ether oxygens (including phenoxy) is 4. The van der Waals surface area contributed by atoms with Gasteiger partial charge in [-0.1, -0.05) is 129 Å². The van der Waals surface area contributed by atoms with Crippen molar-refractivity contribution in [3.05, 3.63) is 35.9 Å². The molecule has 1 saturated heterocycles. The van der Waals surface area contributed by atoms with Gasteiger partial charge in [-0.05, 0) is 38.2 Å². The highest BCUT2D eigenvalue weighted by Crippen LogP contribution is 2.34. The van der Waals surface area contributed by atoms with Crippen LogP contribution in [0.25, 0.3) is 0 Å². The van der Waals surface area contributed by atoms with Gasteiger partial charge in [0.2, 0.25) is 0 Å². The van der Waals surface area contributed by atoms with Crippen molar-refractivity contribution >= 4 is 12.1 Å². The first-order chi connectivity index (χ1) is 20.5. The van der Waals surface area contributed by atoms with Crippen LogP contribution in [0.15, 0.2) is 30.3 Å². The molecule has 7 nitrogen and oxygen atoms in total. The maximum absolute atomic E-state index is 13.5. The number of esters is 1. The van der Waals surface area contributed by atoms with E-state index in [0.29, 0.717) is 6.61 Å². The molecule has 1 aliphatic rings. The van der Waals surface area contributed by atoms with Crippen molar-refractivity contribution in [3.8, 4) is 0 Å². The zero-order valence-electron chi connectivity index (χ0n) is 28.2. The second-order valence-electron chi connectivity index (χ2n) is 13.4. The Morgan fingerprint density at radius 1 is 0.930 bits per heavy atom. The van der Waals surface area contributed by atoms with E-state index in [2.05, 4.69) is 26.1 Å². The molecule has 0 bridgehead atoms. The fourth-order valence-electron chi connectivity index (χ4n) is 5.79. The molecule has 1 aliphatic heterocycles. The van der Waals surface area contributed by atoms with E-state index in [0.717, 1.165) is 24.8 Å². The normalized spacial score (nSPS) is 20.3. The first-order valence-corrected chi connectivity index (χ1v) is 17.0. The smallest absolute Gasteiger partial charge is 0.408 e. The first kappa shape index (κ1) is 37.1. The third-order valence-electron chi connectivity index (χ3n) is 8.55. The van der Waals surface area contributed by atoms with Gasteiger partial charge < -0.3 is 24.3 Å². The van der Waals surface area contributed by atoms with Gasteiger partial charge >= 0.3 is 12.1 Å². The predicted molar refractivity (Wildman–Crippen MR) is 173 cm³/mol. The number of unbranched alkanes of at least 4 members (excludes halogenated alkanes) is 10. The number of amides is 1. The molecule has 0 unspecified atom stereocenters. The van der Waals surface area contributed by atoms with Crippen molar-refractivity contribution in [2.24, 2.45) is 17.8 Å². The van der Waals surface area contributed by atoms with Crippen LogP contribution in [0.1, 0.15) is 131 Å². The van der Waals surface area contributed by atoms with Crippen molar-refractivity contribution in [2.75, 3.05) is 6.61 Å². The molecule has 7 heteroatoms. The lowest BCUT2D eigenvalue weighted by atomic mass is 9.86. The molecule has 0 aliphatic carbocycles. The first-order valence-electron chi connectivity index (χ1n) is 17.0. The van der Waals surface area contributed by atoms with Crippen LogP contribution in [-0.2, 0) is 30.3 Å². The standard InChI is InChI=1S/C36H61NO6/c1-8-9-10-11-12-13-14-15-16-17-21-24-31(29(5)33-28(4)25-41-36(6,7)43-33)42-34(38)32(27(2)3)37-35(39)40-26-30-22-19-18-20-23-30/h18-20,22-23,27-29,31-33H,8-17,21,24-26H2,1-7H3,(H,37,39)/t28-,29-,31+,32-,33-/m0/s1. The Morgan fingerprint density at radius 2 is 1.51 bits per heavy atom. The van der Waals surface area contributed by atoms with Gasteiger partial charge in [-0.2, -0.15) is 0 Å². The number of carbonyl (C=O) groups excluding carboxylic acids is 2. The quantitative estimate of drug-likeness (QED) is 0.118. The van der Waals surface area contributed by atoms with E-state index in [1.807, 2.05) is 58.0 Å². The maximum Gasteiger partial charge on any atom is 0.408 e. The Labute approximate surface area is 262 Å². The van der Waals surface area contributed by atoms with Crippen LogP contribution in [-0.4, -0.2) is 42.7 Å². The SMILES string of the molecule is CCCCCCCCCCCCC[C@@H](OC(=O)[C@@H](NC(=O)OCc1ccccc1)C(C)C)[C@H](C)[C@H]1OC(C)(C)OC[C@@H]1C. The number of benzene rings is 1. The summed E-state index contributed by atoms with van der Waals surface area (Å²) < 4.78 is 23.9. The van der Waals surface area contributed by atoms with Gasteiger partial charge in [-0.25, -0.2) is 9.59 Å². The van der Waals surface area contributed by atoms with Crippen molar-refractivity contribution in [3.63, 3.8) is 0 Å². The summed E-state index contributed by atoms with van der Waals surface area (Å²) in [7, 11) is 0. The summed E-state index contributed by atoms with van der Waals surface area (Å²) in [5.41, 5.74) is 0.885. The summed E-state index contributed by atoms with van der Waals surface area (Å²) in [6.45, 7) is 14.9. The topological polar surface area (TPSA) is 83.1 Å². The van der Waals surface area contributed by atoms with Gasteiger partial charge in [0.15, 0.2) is 5.79 Å². The predicted octanol–water partition coefficient (Wildman–Crippen LogP) is 8.97. The molecule has 1 aromatic carbocycles. The van der Waals surface area contributed by atoms with E-state index in [9.17, 15) is 9.59 Å². The zero-order valence-corrected chi connectivity index (χ0v) is 28.2. The fourth-order valence-corrected chi connectivity index (χ4v) is 5.79. The lowest BCUT2D eigenvalue weighted by Crippen LogP contribution is -2.51. The lowest BCUT2D eigenvalue weighted by molar-refractivity contribution is -0.304. The Hall–Kier alpha value is -2.12. The van der Waals surface area contributed by atoms with E-state index in [1.54, 1.807) is 0 Å². The minimum absolute atomic E-state index is 0.0249. The van der Waals surface area contributed by atoms with Crippen molar-refractivity contribution in [2.45, 2.75) is 156 Å². The minimum Gasteiger partial charge on any atom is -0.460 e. The van der Waals surface area contributed by atoms with Gasteiger partial charge in [-0.15, -0.1) is 0 Å². The molecular formula is C36H61NO6. The number of rotatable bonds is 20. The second-order valence-corrected chi connectivity index (χ2v) is 13.4. The molecule has 1 amide bonds. The summed E-state index contributed by atoms with van der Waals surface area (Å²) >= 11 is 0. The highest BCUT2D eigenvalue weighted by molar-refractivity contribution is 5.81. The van der Waals surface area contributed by atoms with Crippen LogP contribution >= 0.6 is 0 Å². The van der Waals surface area contributed by atoms with Crippen LogP contribution in [0, 0.1) is 17.8 Å². The van der Waals surface area contributed by atoms with Crippen molar-refractivity contribution in [1.82, 2.24) is 5.32 Å². The Morgan fingerprint density at radius 3 is 2.09 bits per heavy atom. The molecule has 246 valence electrons. The van der Waals surface area contributed by atoms with E-state index in [1.165, 1.54) is 57.8 Å². The molecule has 43 heavy (non-hydrogen) atoms. The number of nitrogens with one attached hydrogen (secondary N) is 1. The monoisotopic (exact) mass is 603 g/mol. The molecule has 5 atom stereocenters. The van der Waals surface area contributed by atoms with Crippen LogP contribution in [0.3, 0.4) is 0 Å². The second kappa shape index (κ2) is 20.0. The Kier molecular flexibility index (Phi) is 17.3. The Bertz CT molecular complexity index is 904. The number of hydrogen-bond donors (Lipinski definition) is 1. The van der Waals surface area contributed by atoms with Gasteiger partial charge in [0, 0.05) is 11.8 Å². The van der Waals surface area contributed by atoms with Crippen molar-refractivity contribution < 1.29 is 28.5 Å². The number of alkyl carbamates (subject to hydrolysis) is 1. The molecule has 2 rings (SSSR count). The molecule has 1 N–H and O–H groups in total. The van der Waals surface area contributed by atoms with Gasteiger partial charge in [0.05, 0.1) is 12.7 Å². The van der Waals surface area contributed by atoms with Crippen molar-refractivity contribution in [1.29, 1.82) is 0 Å². The summed E-state index contributed by atoms with van der Waals surface area (Å²) in [5, 5.41) is 2.76. The average Bonchev–Trinajstić information content (AvgIpc) is 2.98. The maximum atomic E-state index is 13.5. The summed E-state index contributed by atoms with van der Waals surface area (Å²) in [4.78, 5) is 26.2. The van der Waals surface area contributed by atoms with Gasteiger partial charge in [0.1, 0.15) is 18.8 Å². The molecular weight excluding hydrogens is 542 g/mol. The summed E-state index contributed by atoms with van der Waals surface area (Å²) in [6, 6.07) is 8.68. The van der Waals surface area contributed by atoms with Gasteiger partial charge in [-0.3, -0.25) is 0 Å². The molecule has 1 aromatic rings. The largest absolute Gasteiger partial charge is 0.460 e. The fraction of sp³-hybridized carbons (Fsp3) is 0.778. The van der Waals surface area contributed by atoms with Gasteiger partial charge in [0.25, 0.3) is 0 Å². The Balaban J connectivity index is 1.95. The highest BCUT2D eigenvalue weighted by Gasteiger charge is 2.41. The third kappa shape index (κ3) is 14.5.